The van der Waals surface area contributed by atoms with Gasteiger partial charge in [0, 0.05) is 31.4 Å². The number of aromatic nitrogens is 2. The zero-order valence-corrected chi connectivity index (χ0v) is 13.2. The van der Waals surface area contributed by atoms with E-state index in [-0.39, 0.29) is 0 Å². The summed E-state index contributed by atoms with van der Waals surface area (Å²) in [6.45, 7) is 8.11. The molecule has 5 heteroatoms. The summed E-state index contributed by atoms with van der Waals surface area (Å²) in [4.78, 5) is 0. The Morgan fingerprint density at radius 2 is 2.38 bits per heavy atom. The molecule has 0 bridgehead atoms. The topological polar surface area (TPSA) is 51.1 Å². The van der Waals surface area contributed by atoms with E-state index in [9.17, 15) is 0 Å². The molecule has 2 fully saturated rings. The molecule has 3 rings (SSSR count). The number of hydrogen-bond donors (Lipinski definition) is 2. The number of rotatable bonds is 5. The van der Waals surface area contributed by atoms with E-state index in [0.29, 0.717) is 23.9 Å². The molecule has 2 aliphatic rings. The van der Waals surface area contributed by atoms with Crippen LogP contribution in [0.1, 0.15) is 33.1 Å². The molecular formula is C16H28N4O. The molecule has 3 atom stereocenters. The van der Waals surface area contributed by atoms with Gasteiger partial charge in [-0.2, -0.15) is 5.10 Å². The summed E-state index contributed by atoms with van der Waals surface area (Å²) in [5.74, 6) is 1.29. The number of ether oxygens (including phenoxy) is 1. The Morgan fingerprint density at radius 1 is 1.48 bits per heavy atom. The van der Waals surface area contributed by atoms with Crippen LogP contribution in [0.25, 0.3) is 0 Å². The highest BCUT2D eigenvalue weighted by Crippen LogP contribution is 2.31. The number of anilines is 1. The van der Waals surface area contributed by atoms with Crippen molar-refractivity contribution in [1.82, 2.24) is 15.1 Å². The summed E-state index contributed by atoms with van der Waals surface area (Å²) in [5, 5.41) is 11.8. The molecule has 0 amide bonds. The van der Waals surface area contributed by atoms with Crippen molar-refractivity contribution in [3.63, 3.8) is 0 Å². The molecule has 5 nitrogen and oxygen atoms in total. The van der Waals surface area contributed by atoms with Gasteiger partial charge in [-0.05, 0) is 24.7 Å². The predicted molar refractivity (Wildman–Crippen MR) is 84.4 cm³/mol. The average molecular weight is 292 g/mol. The second-order valence-corrected chi connectivity index (χ2v) is 6.83. The zero-order chi connectivity index (χ0) is 14.7. The minimum absolute atomic E-state index is 0.504. The Hall–Kier alpha value is -1.07. The summed E-state index contributed by atoms with van der Waals surface area (Å²) >= 11 is 0. The molecule has 21 heavy (non-hydrogen) atoms. The predicted octanol–water partition coefficient (Wildman–Crippen LogP) is 2.11. The zero-order valence-electron chi connectivity index (χ0n) is 13.2. The van der Waals surface area contributed by atoms with Gasteiger partial charge in [-0.1, -0.05) is 20.3 Å². The van der Waals surface area contributed by atoms with Gasteiger partial charge in [0.05, 0.1) is 25.1 Å². The van der Waals surface area contributed by atoms with Crippen molar-refractivity contribution in [2.45, 2.75) is 51.7 Å². The smallest absolute Gasteiger partial charge is 0.0728 e. The van der Waals surface area contributed by atoms with Crippen LogP contribution in [0, 0.1) is 11.8 Å². The minimum Gasteiger partial charge on any atom is -0.379 e. The van der Waals surface area contributed by atoms with Gasteiger partial charge in [0.15, 0.2) is 0 Å². The number of morpholine rings is 1. The third kappa shape index (κ3) is 3.77. The Balaban J connectivity index is 1.59. The van der Waals surface area contributed by atoms with Gasteiger partial charge in [-0.15, -0.1) is 0 Å². The second kappa shape index (κ2) is 6.79. The maximum Gasteiger partial charge on any atom is 0.0728 e. The lowest BCUT2D eigenvalue weighted by Gasteiger charge is -2.33. The van der Waals surface area contributed by atoms with Crippen LogP contribution >= 0.6 is 0 Å². The van der Waals surface area contributed by atoms with Crippen LogP contribution in [0.2, 0.25) is 0 Å². The van der Waals surface area contributed by atoms with E-state index in [1.807, 2.05) is 10.9 Å². The molecule has 1 saturated heterocycles. The van der Waals surface area contributed by atoms with E-state index in [4.69, 9.17) is 4.74 Å². The molecule has 1 aromatic heterocycles. The van der Waals surface area contributed by atoms with E-state index >= 15 is 0 Å². The first-order valence-electron chi connectivity index (χ1n) is 8.32. The molecule has 1 saturated carbocycles. The molecule has 2 heterocycles. The fourth-order valence-corrected chi connectivity index (χ4v) is 3.64. The van der Waals surface area contributed by atoms with Crippen molar-refractivity contribution in [3.8, 4) is 0 Å². The van der Waals surface area contributed by atoms with Crippen LogP contribution in [0.3, 0.4) is 0 Å². The van der Waals surface area contributed by atoms with Gasteiger partial charge >= 0.3 is 0 Å². The van der Waals surface area contributed by atoms with Gasteiger partial charge in [0.2, 0.25) is 0 Å². The van der Waals surface area contributed by atoms with E-state index in [1.54, 1.807) is 0 Å². The molecule has 1 aliphatic heterocycles. The minimum atomic E-state index is 0.504. The highest BCUT2D eigenvalue weighted by Gasteiger charge is 2.34. The quantitative estimate of drug-likeness (QED) is 0.873. The summed E-state index contributed by atoms with van der Waals surface area (Å²) < 4.78 is 7.67. The summed E-state index contributed by atoms with van der Waals surface area (Å²) in [6, 6.07) is 1.05. The van der Waals surface area contributed by atoms with Crippen LogP contribution in [-0.4, -0.2) is 41.6 Å². The van der Waals surface area contributed by atoms with Crippen LogP contribution < -0.4 is 10.6 Å². The van der Waals surface area contributed by atoms with Crippen molar-refractivity contribution in [1.29, 1.82) is 0 Å². The van der Waals surface area contributed by atoms with Crippen LogP contribution in [-0.2, 0) is 11.3 Å². The van der Waals surface area contributed by atoms with Crippen LogP contribution in [0.4, 0.5) is 5.69 Å². The molecule has 0 radical (unpaired) electrons. The van der Waals surface area contributed by atoms with Crippen molar-refractivity contribution >= 4 is 5.69 Å². The third-order valence-electron chi connectivity index (χ3n) is 4.57. The lowest BCUT2D eigenvalue weighted by Crippen LogP contribution is -2.49. The number of nitrogens with one attached hydrogen (secondary N) is 2. The molecule has 1 aliphatic carbocycles. The van der Waals surface area contributed by atoms with Crippen molar-refractivity contribution in [2.24, 2.45) is 11.8 Å². The molecule has 118 valence electrons. The van der Waals surface area contributed by atoms with Crippen molar-refractivity contribution in [3.05, 3.63) is 12.4 Å². The average Bonchev–Trinajstić information content (AvgIpc) is 3.09. The SMILES string of the molecule is CC(C)Cn1cc(NC2CCCC2C2COCCN2)cn1. The van der Waals surface area contributed by atoms with Crippen molar-refractivity contribution in [2.75, 3.05) is 25.1 Å². The highest BCUT2D eigenvalue weighted by molar-refractivity contribution is 5.40. The van der Waals surface area contributed by atoms with E-state index in [2.05, 4.69) is 35.8 Å². The molecule has 1 aromatic rings. The fourth-order valence-electron chi connectivity index (χ4n) is 3.64. The second-order valence-electron chi connectivity index (χ2n) is 6.83. The number of nitrogens with zero attached hydrogens (tertiary/aromatic N) is 2. The monoisotopic (exact) mass is 292 g/mol. The van der Waals surface area contributed by atoms with E-state index in [1.165, 1.54) is 19.3 Å². The van der Waals surface area contributed by atoms with E-state index < -0.39 is 0 Å². The molecule has 0 spiro atoms. The molecule has 2 N–H and O–H groups in total. The largest absolute Gasteiger partial charge is 0.379 e. The summed E-state index contributed by atoms with van der Waals surface area (Å²) in [5.41, 5.74) is 1.16. The Morgan fingerprint density at radius 3 is 3.14 bits per heavy atom. The van der Waals surface area contributed by atoms with Gasteiger partial charge < -0.3 is 15.4 Å². The first-order valence-corrected chi connectivity index (χ1v) is 8.32. The Bertz CT molecular complexity index is 439. The normalized spacial score (nSPS) is 30.0. The van der Waals surface area contributed by atoms with E-state index in [0.717, 1.165) is 32.0 Å². The fraction of sp³-hybridized carbons (Fsp3) is 0.812. The lowest BCUT2D eigenvalue weighted by atomic mass is 9.94. The summed E-state index contributed by atoms with van der Waals surface area (Å²) in [7, 11) is 0. The molecular weight excluding hydrogens is 264 g/mol. The van der Waals surface area contributed by atoms with Crippen molar-refractivity contribution < 1.29 is 4.74 Å². The first kappa shape index (κ1) is 14.9. The standard InChI is InChI=1S/C16H28N4O/c1-12(2)9-20-10-13(8-18-20)19-15-5-3-4-14(15)16-11-21-7-6-17-16/h8,10,12,14-17,19H,3-7,9,11H2,1-2H3. The van der Waals surface area contributed by atoms with Gasteiger partial charge in [-0.3, -0.25) is 4.68 Å². The Kier molecular flexibility index (Phi) is 4.80. The Labute approximate surface area is 127 Å². The highest BCUT2D eigenvalue weighted by atomic mass is 16.5. The maximum absolute atomic E-state index is 5.63. The first-order chi connectivity index (χ1) is 10.2. The lowest BCUT2D eigenvalue weighted by molar-refractivity contribution is 0.0559. The van der Waals surface area contributed by atoms with Gasteiger partial charge in [0.25, 0.3) is 0 Å². The van der Waals surface area contributed by atoms with Gasteiger partial charge in [-0.25, -0.2) is 0 Å². The molecule has 3 unspecified atom stereocenters. The maximum atomic E-state index is 5.63. The summed E-state index contributed by atoms with van der Waals surface area (Å²) in [6.07, 6.45) is 7.94. The van der Waals surface area contributed by atoms with Crippen LogP contribution in [0.15, 0.2) is 12.4 Å². The van der Waals surface area contributed by atoms with Gasteiger partial charge in [0.1, 0.15) is 0 Å². The number of hydrogen-bond acceptors (Lipinski definition) is 4. The van der Waals surface area contributed by atoms with Crippen LogP contribution in [0.5, 0.6) is 0 Å². The third-order valence-corrected chi connectivity index (χ3v) is 4.57. The molecule has 0 aromatic carbocycles.